The number of hydrogen-bond acceptors (Lipinski definition) is 3. The van der Waals surface area contributed by atoms with E-state index < -0.39 is 0 Å². The fraction of sp³-hybridized carbons (Fsp3) is 0.421. The number of allylic oxidation sites excluding steroid dienone is 2. The molecular formula is C19H23NO3. The van der Waals surface area contributed by atoms with Gasteiger partial charge in [-0.15, -0.1) is 0 Å². The Kier molecular flexibility index (Phi) is 4.70. The Morgan fingerprint density at radius 3 is 2.65 bits per heavy atom. The van der Waals surface area contributed by atoms with Crippen molar-refractivity contribution in [2.75, 3.05) is 19.9 Å². The van der Waals surface area contributed by atoms with Gasteiger partial charge in [-0.3, -0.25) is 4.79 Å². The highest BCUT2D eigenvalue weighted by molar-refractivity contribution is 5.88. The smallest absolute Gasteiger partial charge is 0.246 e. The van der Waals surface area contributed by atoms with Crippen molar-refractivity contribution in [1.29, 1.82) is 0 Å². The number of ether oxygens (including phenoxy) is 2. The summed E-state index contributed by atoms with van der Waals surface area (Å²) in [5.74, 6) is 2.81. The van der Waals surface area contributed by atoms with Crippen LogP contribution in [-0.4, -0.2) is 30.7 Å². The van der Waals surface area contributed by atoms with E-state index >= 15 is 0 Å². The third kappa shape index (κ3) is 3.95. The summed E-state index contributed by atoms with van der Waals surface area (Å²) in [5.41, 5.74) is 1.02. The highest BCUT2D eigenvalue weighted by atomic mass is 16.7. The van der Waals surface area contributed by atoms with Crippen molar-refractivity contribution >= 4 is 12.0 Å². The maximum atomic E-state index is 12.2. The molecule has 2 unspecified atom stereocenters. The molecule has 1 fully saturated rings. The third-order valence-electron chi connectivity index (χ3n) is 4.22. The molecular weight excluding hydrogens is 290 g/mol. The lowest BCUT2D eigenvalue weighted by Crippen LogP contribution is -2.41. The molecule has 23 heavy (non-hydrogen) atoms. The zero-order valence-electron chi connectivity index (χ0n) is 13.7. The van der Waals surface area contributed by atoms with E-state index in [2.05, 4.69) is 13.8 Å². The Morgan fingerprint density at radius 2 is 1.87 bits per heavy atom. The molecule has 0 aromatic heterocycles. The van der Waals surface area contributed by atoms with Crippen LogP contribution in [0.25, 0.3) is 6.08 Å². The zero-order valence-corrected chi connectivity index (χ0v) is 13.7. The zero-order chi connectivity index (χ0) is 16.2. The number of fused-ring (bicyclic) bond motifs is 1. The van der Waals surface area contributed by atoms with Crippen molar-refractivity contribution in [3.05, 3.63) is 42.0 Å². The fourth-order valence-electron chi connectivity index (χ4n) is 3.27. The van der Waals surface area contributed by atoms with E-state index in [0.717, 1.165) is 30.2 Å². The molecule has 0 aliphatic carbocycles. The average Bonchev–Trinajstić information content (AvgIpc) is 2.98. The van der Waals surface area contributed by atoms with Crippen LogP contribution in [0.3, 0.4) is 0 Å². The number of carbonyl (C=O) groups excluding carboxylic acids is 1. The summed E-state index contributed by atoms with van der Waals surface area (Å²) < 4.78 is 10.6. The van der Waals surface area contributed by atoms with Crippen molar-refractivity contribution < 1.29 is 14.3 Å². The van der Waals surface area contributed by atoms with Crippen LogP contribution in [0.2, 0.25) is 0 Å². The number of nitrogens with zero attached hydrogens (tertiary/aromatic N) is 1. The Labute approximate surface area is 137 Å². The van der Waals surface area contributed by atoms with Crippen molar-refractivity contribution in [3.8, 4) is 11.5 Å². The maximum Gasteiger partial charge on any atom is 0.246 e. The monoisotopic (exact) mass is 313 g/mol. The summed E-state index contributed by atoms with van der Waals surface area (Å²) in [6.45, 7) is 6.42. The summed E-state index contributed by atoms with van der Waals surface area (Å²) in [7, 11) is 0. The largest absolute Gasteiger partial charge is 0.454 e. The molecule has 1 amide bonds. The minimum Gasteiger partial charge on any atom is -0.454 e. The molecule has 3 rings (SSSR count). The van der Waals surface area contributed by atoms with Gasteiger partial charge in [-0.1, -0.05) is 38.1 Å². The molecule has 0 bridgehead atoms. The third-order valence-corrected chi connectivity index (χ3v) is 4.22. The number of rotatable bonds is 3. The SMILES string of the molecule is CC1CC(C)CN(C(=O)/C=C/C=C/c2ccc3c(c2)OCO3)C1. The van der Waals surface area contributed by atoms with Crippen molar-refractivity contribution in [2.45, 2.75) is 20.3 Å². The summed E-state index contributed by atoms with van der Waals surface area (Å²) in [5, 5.41) is 0. The van der Waals surface area contributed by atoms with Crippen molar-refractivity contribution in [3.63, 3.8) is 0 Å². The van der Waals surface area contributed by atoms with Gasteiger partial charge >= 0.3 is 0 Å². The lowest BCUT2D eigenvalue weighted by molar-refractivity contribution is -0.128. The first-order valence-corrected chi connectivity index (χ1v) is 8.15. The number of carbonyl (C=O) groups is 1. The molecule has 2 heterocycles. The molecule has 4 nitrogen and oxygen atoms in total. The quantitative estimate of drug-likeness (QED) is 0.633. The summed E-state index contributed by atoms with van der Waals surface area (Å²) in [4.78, 5) is 14.2. The van der Waals surface area contributed by atoms with Crippen LogP contribution >= 0.6 is 0 Å². The molecule has 0 saturated carbocycles. The number of likely N-dealkylation sites (tertiary alicyclic amines) is 1. The second-order valence-corrected chi connectivity index (χ2v) is 6.52. The van der Waals surface area contributed by atoms with Gasteiger partial charge in [0.25, 0.3) is 0 Å². The molecule has 0 spiro atoms. The number of benzene rings is 1. The molecule has 2 aliphatic heterocycles. The minimum absolute atomic E-state index is 0.0961. The van der Waals surface area contributed by atoms with Crippen LogP contribution < -0.4 is 9.47 Å². The Hall–Kier alpha value is -2.23. The molecule has 4 heteroatoms. The van der Waals surface area contributed by atoms with Crippen LogP contribution in [0.15, 0.2) is 36.4 Å². The minimum atomic E-state index is 0.0961. The van der Waals surface area contributed by atoms with Crippen LogP contribution in [0.1, 0.15) is 25.8 Å². The van der Waals surface area contributed by atoms with Crippen molar-refractivity contribution in [2.24, 2.45) is 11.8 Å². The average molecular weight is 313 g/mol. The highest BCUT2D eigenvalue weighted by Gasteiger charge is 2.23. The van der Waals surface area contributed by atoms with Gasteiger partial charge in [-0.2, -0.15) is 0 Å². The standard InChI is InChI=1S/C19H23NO3/c1-14-9-15(2)12-20(11-14)19(21)6-4-3-5-16-7-8-17-18(10-16)23-13-22-17/h3-8,10,14-15H,9,11-13H2,1-2H3/b5-3+,6-4+. The second kappa shape index (κ2) is 6.90. The van der Waals surface area contributed by atoms with Gasteiger partial charge in [0.15, 0.2) is 11.5 Å². The van der Waals surface area contributed by atoms with E-state index in [1.807, 2.05) is 35.3 Å². The first-order valence-electron chi connectivity index (χ1n) is 8.15. The summed E-state index contributed by atoms with van der Waals surface area (Å²) >= 11 is 0. The molecule has 1 saturated heterocycles. The summed E-state index contributed by atoms with van der Waals surface area (Å²) in [6.07, 6.45) is 8.49. The topological polar surface area (TPSA) is 38.8 Å². The van der Waals surface area contributed by atoms with Gasteiger partial charge in [0.05, 0.1) is 0 Å². The lowest BCUT2D eigenvalue weighted by atomic mass is 9.92. The van der Waals surface area contributed by atoms with Crippen molar-refractivity contribution in [1.82, 2.24) is 4.90 Å². The van der Waals surface area contributed by atoms with Gasteiger partial charge in [-0.05, 0) is 36.0 Å². The molecule has 0 radical (unpaired) electrons. The molecule has 2 atom stereocenters. The van der Waals surface area contributed by atoms with Gasteiger partial charge in [0.1, 0.15) is 0 Å². The Morgan fingerprint density at radius 1 is 1.13 bits per heavy atom. The predicted octanol–water partition coefficient (Wildman–Crippen LogP) is 3.49. The van der Waals surface area contributed by atoms with E-state index in [4.69, 9.17) is 9.47 Å². The van der Waals surface area contributed by atoms with Crippen LogP contribution in [0.4, 0.5) is 0 Å². The van der Waals surface area contributed by atoms with E-state index in [1.165, 1.54) is 6.42 Å². The van der Waals surface area contributed by atoms with Gasteiger partial charge in [-0.25, -0.2) is 0 Å². The molecule has 2 aliphatic rings. The van der Waals surface area contributed by atoms with E-state index in [-0.39, 0.29) is 12.7 Å². The Balaban J connectivity index is 1.56. The number of amides is 1. The number of piperidine rings is 1. The summed E-state index contributed by atoms with van der Waals surface area (Å²) in [6, 6.07) is 5.80. The van der Waals surface area contributed by atoms with Crippen LogP contribution in [0.5, 0.6) is 11.5 Å². The fourth-order valence-corrected chi connectivity index (χ4v) is 3.27. The molecule has 0 N–H and O–H groups in total. The van der Waals surface area contributed by atoms with Crippen LogP contribution in [-0.2, 0) is 4.79 Å². The second-order valence-electron chi connectivity index (χ2n) is 6.52. The highest BCUT2D eigenvalue weighted by Crippen LogP contribution is 2.32. The molecule has 1 aromatic carbocycles. The van der Waals surface area contributed by atoms with Crippen LogP contribution in [0, 0.1) is 11.8 Å². The normalized spacial score (nSPS) is 23.8. The van der Waals surface area contributed by atoms with Gasteiger partial charge in [0.2, 0.25) is 12.7 Å². The molecule has 1 aromatic rings. The number of hydrogen-bond donors (Lipinski definition) is 0. The Bertz CT molecular complexity index is 626. The van der Waals surface area contributed by atoms with Gasteiger partial charge < -0.3 is 14.4 Å². The van der Waals surface area contributed by atoms with E-state index in [0.29, 0.717) is 11.8 Å². The lowest BCUT2D eigenvalue weighted by Gasteiger charge is -2.34. The van der Waals surface area contributed by atoms with E-state index in [9.17, 15) is 4.79 Å². The maximum absolute atomic E-state index is 12.2. The first kappa shape index (κ1) is 15.7. The van der Waals surface area contributed by atoms with Gasteiger partial charge in [0, 0.05) is 19.2 Å². The molecule has 122 valence electrons. The van der Waals surface area contributed by atoms with E-state index in [1.54, 1.807) is 12.2 Å². The first-order chi connectivity index (χ1) is 11.1. The predicted molar refractivity (Wildman–Crippen MR) is 90.3 cm³/mol.